The molecule has 0 saturated carbocycles. The summed E-state index contributed by atoms with van der Waals surface area (Å²) in [7, 11) is -4.02. The topological polar surface area (TPSA) is 74.7 Å². The van der Waals surface area contributed by atoms with Gasteiger partial charge >= 0.3 is 5.97 Å². The first-order valence-electron chi connectivity index (χ1n) is 7.24. The maximum atomic E-state index is 13.1. The minimum Gasteiger partial charge on any atom is -0.480 e. The van der Waals surface area contributed by atoms with Crippen molar-refractivity contribution in [3.05, 3.63) is 58.1 Å². The van der Waals surface area contributed by atoms with Gasteiger partial charge in [0.2, 0.25) is 0 Å². The molecule has 0 spiro atoms. The molecular formula is C17H18BrNO4S. The van der Waals surface area contributed by atoms with Gasteiger partial charge in [0.25, 0.3) is 10.0 Å². The molecule has 2 rings (SSSR count). The van der Waals surface area contributed by atoms with Crippen molar-refractivity contribution in [1.29, 1.82) is 0 Å². The second-order valence-electron chi connectivity index (χ2n) is 5.56. The van der Waals surface area contributed by atoms with E-state index in [1.54, 1.807) is 31.2 Å². The minimum absolute atomic E-state index is 0.0414. The molecule has 0 amide bonds. The fourth-order valence-corrected chi connectivity index (χ4v) is 4.26. The lowest BCUT2D eigenvalue weighted by molar-refractivity contribution is -0.137. The number of carboxylic acids is 1. The lowest BCUT2D eigenvalue weighted by Crippen LogP contribution is -2.43. The summed E-state index contributed by atoms with van der Waals surface area (Å²) in [6.07, 6.45) is 0. The fraction of sp³-hybridized carbons (Fsp3) is 0.235. The van der Waals surface area contributed by atoms with Crippen LogP contribution in [-0.2, 0) is 14.8 Å². The summed E-state index contributed by atoms with van der Waals surface area (Å²) in [6.45, 7) is 4.95. The van der Waals surface area contributed by atoms with Gasteiger partial charge in [-0.2, -0.15) is 0 Å². The van der Waals surface area contributed by atoms with Crippen LogP contribution in [-0.4, -0.2) is 25.5 Å². The number of benzene rings is 2. The maximum Gasteiger partial charge on any atom is 0.327 e. The molecule has 1 unspecified atom stereocenters. The summed E-state index contributed by atoms with van der Waals surface area (Å²) < 4.78 is 27.9. The summed E-state index contributed by atoms with van der Waals surface area (Å²) in [4.78, 5) is 11.6. The van der Waals surface area contributed by atoms with Crippen LogP contribution >= 0.6 is 15.9 Å². The van der Waals surface area contributed by atoms with Gasteiger partial charge in [-0.15, -0.1) is 0 Å². The first-order valence-corrected chi connectivity index (χ1v) is 9.48. The zero-order chi connectivity index (χ0) is 18.1. The number of hydrogen-bond donors (Lipinski definition) is 1. The van der Waals surface area contributed by atoms with Crippen LogP contribution in [0.2, 0.25) is 0 Å². The van der Waals surface area contributed by atoms with Gasteiger partial charge in [-0.3, -0.25) is 4.31 Å². The number of carboxylic acid groups (broad SMARTS) is 1. The Morgan fingerprint density at radius 2 is 1.71 bits per heavy atom. The Bertz CT molecular complexity index is 863. The summed E-state index contributed by atoms with van der Waals surface area (Å²) in [5, 5.41) is 9.41. The van der Waals surface area contributed by atoms with Crippen molar-refractivity contribution in [2.45, 2.75) is 31.7 Å². The van der Waals surface area contributed by atoms with Crippen LogP contribution < -0.4 is 4.31 Å². The SMILES string of the molecule is Cc1ccc(C)c(N(C(C)C(=O)O)S(=O)(=O)c2ccc(Br)cc2)c1. The van der Waals surface area contributed by atoms with Gasteiger partial charge in [-0.05, 0) is 62.2 Å². The molecule has 0 heterocycles. The van der Waals surface area contributed by atoms with Crippen LogP contribution in [0.5, 0.6) is 0 Å². The van der Waals surface area contributed by atoms with Gasteiger partial charge in [0.15, 0.2) is 0 Å². The highest BCUT2D eigenvalue weighted by molar-refractivity contribution is 9.10. The van der Waals surface area contributed by atoms with Gasteiger partial charge in [0.05, 0.1) is 10.6 Å². The summed E-state index contributed by atoms with van der Waals surface area (Å²) in [5.41, 5.74) is 1.91. The van der Waals surface area contributed by atoms with E-state index in [0.717, 1.165) is 14.3 Å². The second-order valence-corrected chi connectivity index (χ2v) is 8.29. The average molecular weight is 412 g/mol. The molecule has 24 heavy (non-hydrogen) atoms. The van der Waals surface area contributed by atoms with E-state index in [2.05, 4.69) is 15.9 Å². The molecule has 2 aromatic rings. The molecule has 0 aliphatic rings. The summed E-state index contributed by atoms with van der Waals surface area (Å²) in [5.74, 6) is -1.21. The molecule has 0 aliphatic carbocycles. The Labute approximate surface area is 150 Å². The van der Waals surface area contributed by atoms with Crippen molar-refractivity contribution >= 4 is 37.6 Å². The minimum atomic E-state index is -4.02. The normalized spacial score (nSPS) is 12.7. The Morgan fingerprint density at radius 3 is 2.25 bits per heavy atom. The van der Waals surface area contributed by atoms with Crippen molar-refractivity contribution in [3.63, 3.8) is 0 Å². The summed E-state index contributed by atoms with van der Waals surface area (Å²) >= 11 is 3.26. The van der Waals surface area contributed by atoms with Crippen LogP contribution in [0.15, 0.2) is 51.8 Å². The van der Waals surface area contributed by atoms with E-state index in [4.69, 9.17) is 0 Å². The second kappa shape index (κ2) is 6.94. The van der Waals surface area contributed by atoms with Crippen LogP contribution in [0.1, 0.15) is 18.1 Å². The molecular weight excluding hydrogens is 394 g/mol. The van der Waals surface area contributed by atoms with E-state index in [9.17, 15) is 18.3 Å². The number of rotatable bonds is 5. The van der Waals surface area contributed by atoms with Crippen molar-refractivity contribution in [2.24, 2.45) is 0 Å². The number of carbonyl (C=O) groups is 1. The summed E-state index contributed by atoms with van der Waals surface area (Å²) in [6, 6.07) is 10.2. The molecule has 1 N–H and O–H groups in total. The highest BCUT2D eigenvalue weighted by atomic mass is 79.9. The van der Waals surface area contributed by atoms with Crippen LogP contribution in [0, 0.1) is 13.8 Å². The standard InChI is InChI=1S/C17H18BrNO4S/c1-11-4-5-12(2)16(10-11)19(13(3)17(20)21)24(22,23)15-8-6-14(18)7-9-15/h4-10,13H,1-3H3,(H,20,21). The number of anilines is 1. The van der Waals surface area contributed by atoms with E-state index in [1.807, 2.05) is 13.0 Å². The van der Waals surface area contributed by atoms with E-state index < -0.39 is 22.0 Å². The largest absolute Gasteiger partial charge is 0.480 e. The molecule has 1 atom stereocenters. The highest BCUT2D eigenvalue weighted by Gasteiger charge is 2.34. The third-order valence-corrected chi connectivity index (χ3v) is 6.11. The zero-order valence-electron chi connectivity index (χ0n) is 13.5. The van der Waals surface area contributed by atoms with E-state index in [-0.39, 0.29) is 4.90 Å². The van der Waals surface area contributed by atoms with Gasteiger partial charge in [-0.25, -0.2) is 13.2 Å². The number of hydrogen-bond acceptors (Lipinski definition) is 3. The predicted octanol–water partition coefficient (Wildman–Crippen LogP) is 3.73. The lowest BCUT2D eigenvalue weighted by Gasteiger charge is -2.29. The van der Waals surface area contributed by atoms with Crippen molar-refractivity contribution in [1.82, 2.24) is 0 Å². The highest BCUT2D eigenvalue weighted by Crippen LogP contribution is 2.30. The van der Waals surface area contributed by atoms with E-state index >= 15 is 0 Å². The molecule has 0 fully saturated rings. The van der Waals surface area contributed by atoms with Gasteiger partial charge < -0.3 is 5.11 Å². The van der Waals surface area contributed by atoms with Crippen LogP contribution in [0.4, 0.5) is 5.69 Å². The van der Waals surface area contributed by atoms with Gasteiger partial charge in [0.1, 0.15) is 6.04 Å². The Kier molecular flexibility index (Phi) is 5.35. The zero-order valence-corrected chi connectivity index (χ0v) is 15.9. The molecule has 7 heteroatoms. The van der Waals surface area contributed by atoms with Gasteiger partial charge in [0, 0.05) is 4.47 Å². The Balaban J connectivity index is 2.68. The average Bonchev–Trinajstić information content (AvgIpc) is 2.51. The molecule has 0 aromatic heterocycles. The predicted molar refractivity (Wildman–Crippen MR) is 96.8 cm³/mol. The first-order chi connectivity index (χ1) is 11.1. The number of aliphatic carboxylic acids is 1. The Hall–Kier alpha value is -1.86. The van der Waals surface area contributed by atoms with E-state index in [0.29, 0.717) is 11.3 Å². The smallest absolute Gasteiger partial charge is 0.327 e. The Morgan fingerprint density at radius 1 is 1.12 bits per heavy atom. The van der Waals surface area contributed by atoms with Crippen molar-refractivity contribution < 1.29 is 18.3 Å². The number of halogens is 1. The molecule has 128 valence electrons. The van der Waals surface area contributed by atoms with Crippen LogP contribution in [0.25, 0.3) is 0 Å². The number of aryl methyl sites for hydroxylation is 2. The monoisotopic (exact) mass is 411 g/mol. The third-order valence-electron chi connectivity index (χ3n) is 3.68. The van der Waals surface area contributed by atoms with Crippen LogP contribution in [0.3, 0.4) is 0 Å². The number of nitrogens with zero attached hydrogens (tertiary/aromatic N) is 1. The molecule has 0 radical (unpaired) electrons. The maximum absolute atomic E-state index is 13.1. The fourth-order valence-electron chi connectivity index (χ4n) is 2.32. The van der Waals surface area contributed by atoms with Gasteiger partial charge in [-0.1, -0.05) is 28.1 Å². The lowest BCUT2D eigenvalue weighted by atomic mass is 10.1. The molecule has 2 aromatic carbocycles. The number of sulfonamides is 1. The molecule has 0 bridgehead atoms. The quantitative estimate of drug-likeness (QED) is 0.812. The molecule has 5 nitrogen and oxygen atoms in total. The van der Waals surface area contributed by atoms with Crippen molar-refractivity contribution in [2.75, 3.05) is 4.31 Å². The van der Waals surface area contributed by atoms with E-state index in [1.165, 1.54) is 19.1 Å². The third kappa shape index (κ3) is 3.62. The molecule has 0 saturated heterocycles. The van der Waals surface area contributed by atoms with Crippen molar-refractivity contribution in [3.8, 4) is 0 Å². The molecule has 0 aliphatic heterocycles. The first kappa shape index (κ1) is 18.5.